The third-order valence-corrected chi connectivity index (χ3v) is 2.48. The largest absolute Gasteiger partial charge is 0.467 e. The first-order valence-electron chi connectivity index (χ1n) is 5.34. The molecule has 0 bridgehead atoms. The van der Waals surface area contributed by atoms with Crippen LogP contribution in [0, 0.1) is 11.8 Å². The molecule has 0 aliphatic heterocycles. The predicted octanol–water partition coefficient (Wildman–Crippen LogP) is 2.00. The fourth-order valence-electron chi connectivity index (χ4n) is 1.34. The fraction of sp³-hybridized carbons (Fsp3) is 0.909. The second-order valence-corrected chi connectivity index (χ2v) is 4.33. The van der Waals surface area contributed by atoms with Gasteiger partial charge in [-0.1, -0.05) is 13.8 Å². The van der Waals surface area contributed by atoms with Crippen LogP contribution in [0.4, 0.5) is 0 Å². The molecule has 0 aromatic heterocycles. The van der Waals surface area contributed by atoms with Gasteiger partial charge in [-0.25, -0.2) is 4.79 Å². The van der Waals surface area contributed by atoms with E-state index < -0.39 is 0 Å². The highest BCUT2D eigenvalue weighted by molar-refractivity contribution is 5.75. The summed E-state index contributed by atoms with van der Waals surface area (Å²) in [6, 6.07) is 0. The Morgan fingerprint density at radius 1 is 1.43 bits per heavy atom. The van der Waals surface area contributed by atoms with Gasteiger partial charge >= 0.3 is 5.97 Å². The SMILES string of the molecule is COC(=O)C(OCCC(C)C)C1CC1. The number of methoxy groups -OCH3 is 1. The quantitative estimate of drug-likeness (QED) is 0.615. The van der Waals surface area contributed by atoms with E-state index in [9.17, 15) is 4.79 Å². The van der Waals surface area contributed by atoms with Crippen LogP contribution in [-0.2, 0) is 14.3 Å². The Kier molecular flexibility index (Phi) is 4.39. The smallest absolute Gasteiger partial charge is 0.335 e. The van der Waals surface area contributed by atoms with Crippen LogP contribution in [-0.4, -0.2) is 25.8 Å². The molecule has 0 heterocycles. The highest BCUT2D eigenvalue weighted by Gasteiger charge is 2.37. The summed E-state index contributed by atoms with van der Waals surface area (Å²) < 4.78 is 10.3. The lowest BCUT2D eigenvalue weighted by atomic mass is 10.1. The average molecular weight is 200 g/mol. The van der Waals surface area contributed by atoms with Crippen molar-refractivity contribution in [2.24, 2.45) is 11.8 Å². The second kappa shape index (κ2) is 5.35. The maximum atomic E-state index is 11.3. The minimum atomic E-state index is -0.307. The summed E-state index contributed by atoms with van der Waals surface area (Å²) in [6.45, 7) is 4.95. The number of esters is 1. The standard InChI is InChI=1S/C11H20O3/c1-8(2)6-7-14-10(9-4-5-9)11(12)13-3/h8-10H,4-7H2,1-3H3. The van der Waals surface area contributed by atoms with Crippen molar-refractivity contribution >= 4 is 5.97 Å². The van der Waals surface area contributed by atoms with Gasteiger partial charge in [0.05, 0.1) is 7.11 Å². The van der Waals surface area contributed by atoms with Gasteiger partial charge in [0, 0.05) is 6.61 Å². The lowest BCUT2D eigenvalue weighted by molar-refractivity contribution is -0.155. The molecule has 0 saturated heterocycles. The van der Waals surface area contributed by atoms with Gasteiger partial charge in [0.1, 0.15) is 0 Å². The lowest BCUT2D eigenvalue weighted by Crippen LogP contribution is -2.28. The van der Waals surface area contributed by atoms with E-state index in [1.807, 2.05) is 0 Å². The van der Waals surface area contributed by atoms with E-state index in [-0.39, 0.29) is 12.1 Å². The molecule has 82 valence electrons. The van der Waals surface area contributed by atoms with Crippen molar-refractivity contribution < 1.29 is 14.3 Å². The van der Waals surface area contributed by atoms with Crippen molar-refractivity contribution in [1.82, 2.24) is 0 Å². The van der Waals surface area contributed by atoms with Crippen LogP contribution in [0.25, 0.3) is 0 Å². The van der Waals surface area contributed by atoms with E-state index in [1.54, 1.807) is 0 Å². The Labute approximate surface area is 85.8 Å². The first-order valence-corrected chi connectivity index (χ1v) is 5.34. The van der Waals surface area contributed by atoms with Crippen molar-refractivity contribution in [3.05, 3.63) is 0 Å². The van der Waals surface area contributed by atoms with Crippen LogP contribution in [0.15, 0.2) is 0 Å². The molecule has 3 nitrogen and oxygen atoms in total. The van der Waals surface area contributed by atoms with Gasteiger partial charge in [-0.2, -0.15) is 0 Å². The maximum absolute atomic E-state index is 11.3. The molecule has 0 amide bonds. The van der Waals surface area contributed by atoms with E-state index in [2.05, 4.69) is 13.8 Å². The van der Waals surface area contributed by atoms with Crippen LogP contribution < -0.4 is 0 Å². The molecule has 1 rings (SSSR count). The first-order chi connectivity index (χ1) is 6.65. The number of hydrogen-bond acceptors (Lipinski definition) is 3. The summed E-state index contributed by atoms with van der Waals surface area (Å²) in [7, 11) is 1.42. The number of rotatable bonds is 6. The van der Waals surface area contributed by atoms with Crippen molar-refractivity contribution in [2.45, 2.75) is 39.2 Å². The molecule has 3 heteroatoms. The number of carbonyl (C=O) groups is 1. The summed E-state index contributed by atoms with van der Waals surface area (Å²) in [5, 5.41) is 0. The Bertz CT molecular complexity index is 185. The molecule has 1 unspecified atom stereocenters. The Morgan fingerprint density at radius 2 is 2.07 bits per heavy atom. The predicted molar refractivity (Wildman–Crippen MR) is 53.9 cm³/mol. The van der Waals surface area contributed by atoms with Crippen molar-refractivity contribution in [2.75, 3.05) is 13.7 Å². The third kappa shape index (κ3) is 3.66. The van der Waals surface area contributed by atoms with E-state index in [0.717, 1.165) is 19.3 Å². The Hall–Kier alpha value is -0.570. The van der Waals surface area contributed by atoms with Gasteiger partial charge in [-0.3, -0.25) is 0 Å². The molecule has 14 heavy (non-hydrogen) atoms. The minimum absolute atomic E-state index is 0.212. The van der Waals surface area contributed by atoms with Crippen LogP contribution >= 0.6 is 0 Å². The summed E-state index contributed by atoms with van der Waals surface area (Å²) in [6.07, 6.45) is 2.89. The topological polar surface area (TPSA) is 35.5 Å². The number of ether oxygens (including phenoxy) is 2. The highest BCUT2D eigenvalue weighted by atomic mass is 16.6. The summed E-state index contributed by atoms with van der Waals surface area (Å²) >= 11 is 0. The highest BCUT2D eigenvalue weighted by Crippen LogP contribution is 2.35. The first kappa shape index (κ1) is 11.5. The van der Waals surface area contributed by atoms with Gasteiger partial charge in [-0.05, 0) is 31.1 Å². The van der Waals surface area contributed by atoms with E-state index in [1.165, 1.54) is 7.11 Å². The summed E-state index contributed by atoms with van der Waals surface area (Å²) in [5.74, 6) is 0.818. The Morgan fingerprint density at radius 3 is 2.50 bits per heavy atom. The van der Waals surface area contributed by atoms with E-state index in [0.29, 0.717) is 18.4 Å². The van der Waals surface area contributed by atoms with Crippen LogP contribution in [0.2, 0.25) is 0 Å². The van der Waals surface area contributed by atoms with Crippen molar-refractivity contribution in [1.29, 1.82) is 0 Å². The number of carbonyl (C=O) groups excluding carboxylic acids is 1. The van der Waals surface area contributed by atoms with E-state index >= 15 is 0 Å². The monoisotopic (exact) mass is 200 g/mol. The molecule has 0 N–H and O–H groups in total. The van der Waals surface area contributed by atoms with E-state index in [4.69, 9.17) is 9.47 Å². The zero-order chi connectivity index (χ0) is 10.6. The van der Waals surface area contributed by atoms with Crippen molar-refractivity contribution in [3.63, 3.8) is 0 Å². The molecule has 1 aliphatic carbocycles. The molecular weight excluding hydrogens is 180 g/mol. The van der Waals surface area contributed by atoms with Crippen LogP contribution in [0.1, 0.15) is 33.1 Å². The normalized spacial score (nSPS) is 18.3. The summed E-state index contributed by atoms with van der Waals surface area (Å²) in [4.78, 5) is 11.3. The molecule has 0 radical (unpaired) electrons. The molecule has 1 saturated carbocycles. The molecule has 1 aliphatic rings. The van der Waals surface area contributed by atoms with Gasteiger partial charge in [0.15, 0.2) is 6.10 Å². The molecule has 0 aromatic carbocycles. The zero-order valence-electron chi connectivity index (χ0n) is 9.29. The molecule has 1 fully saturated rings. The number of hydrogen-bond donors (Lipinski definition) is 0. The van der Waals surface area contributed by atoms with Crippen molar-refractivity contribution in [3.8, 4) is 0 Å². The van der Waals surface area contributed by atoms with Gasteiger partial charge in [0.2, 0.25) is 0 Å². The zero-order valence-corrected chi connectivity index (χ0v) is 9.29. The van der Waals surface area contributed by atoms with Crippen LogP contribution in [0.3, 0.4) is 0 Å². The summed E-state index contributed by atoms with van der Waals surface area (Å²) in [5.41, 5.74) is 0. The Balaban J connectivity index is 2.25. The fourth-order valence-corrected chi connectivity index (χ4v) is 1.34. The minimum Gasteiger partial charge on any atom is -0.467 e. The third-order valence-electron chi connectivity index (χ3n) is 2.48. The van der Waals surface area contributed by atoms with Gasteiger partial charge in [-0.15, -0.1) is 0 Å². The molecule has 1 atom stereocenters. The lowest BCUT2D eigenvalue weighted by Gasteiger charge is -2.15. The van der Waals surface area contributed by atoms with Gasteiger partial charge in [0.25, 0.3) is 0 Å². The average Bonchev–Trinajstić information content (AvgIpc) is 2.94. The molecule has 0 aromatic rings. The second-order valence-electron chi connectivity index (χ2n) is 4.33. The van der Waals surface area contributed by atoms with Gasteiger partial charge < -0.3 is 9.47 Å². The molecular formula is C11H20O3. The molecule has 0 spiro atoms. The van der Waals surface area contributed by atoms with Crippen LogP contribution in [0.5, 0.6) is 0 Å². The maximum Gasteiger partial charge on any atom is 0.335 e.